The molecule has 658 valence electrons. The third kappa shape index (κ3) is 19.6. The monoisotopic (exact) mass is 1860 g/mol. The van der Waals surface area contributed by atoms with Crippen molar-refractivity contribution in [3.63, 3.8) is 0 Å². The Labute approximate surface area is 766 Å². The maximum absolute atomic E-state index is 12.8. The van der Waals surface area contributed by atoms with E-state index in [-0.39, 0.29) is 12.2 Å². The van der Waals surface area contributed by atoms with Gasteiger partial charge in [0.15, 0.2) is 0 Å². The van der Waals surface area contributed by atoms with Gasteiger partial charge in [-0.05, 0) is 133 Å². The number of aromatic hydroxyl groups is 1. The fourth-order valence-electron chi connectivity index (χ4n) is 15.2. The van der Waals surface area contributed by atoms with Gasteiger partial charge < -0.3 is 67.0 Å². The van der Waals surface area contributed by atoms with Gasteiger partial charge in [-0.25, -0.2) is 63.7 Å². The minimum Gasteiger partial charge on any atom is -0.508 e. The van der Waals surface area contributed by atoms with Gasteiger partial charge in [0.1, 0.15) is 93.6 Å². The summed E-state index contributed by atoms with van der Waals surface area (Å²) in [5.41, 5.74) is 4.45. The molecule has 4 fully saturated rings. The molecule has 5 aromatic carbocycles. The average Bonchev–Trinajstić information content (AvgIpc) is 1.71. The first-order valence-electron chi connectivity index (χ1n) is 41.6. The second-order valence-electron chi connectivity index (χ2n) is 32.9. The van der Waals surface area contributed by atoms with Gasteiger partial charge in [0.25, 0.3) is 0 Å². The van der Waals surface area contributed by atoms with Crippen LogP contribution in [-0.4, -0.2) is 188 Å². The van der Waals surface area contributed by atoms with Crippen LogP contribution < -0.4 is 47.4 Å². The Morgan fingerprint density at radius 2 is 0.775 bits per heavy atom. The molecular formula is C93H83Cl3N16O13S4. The molecule has 4 saturated heterocycles. The molecule has 29 nitrogen and oxygen atoms in total. The van der Waals surface area contributed by atoms with Crippen LogP contribution in [0.5, 0.6) is 5.75 Å². The molecule has 0 unspecified atom stereocenters. The van der Waals surface area contributed by atoms with Gasteiger partial charge in [-0.3, -0.25) is 4.90 Å². The lowest BCUT2D eigenvalue weighted by Crippen LogP contribution is -2.50. The maximum Gasteiger partial charge on any atom is 0.410 e. The average molecular weight is 1870 g/mol. The van der Waals surface area contributed by atoms with Crippen LogP contribution in [0.4, 0.5) is 32.9 Å². The molecule has 0 bridgehead atoms. The molecule has 2 N–H and O–H groups in total. The predicted octanol–water partition coefficient (Wildman–Crippen LogP) is 18.4. The smallest absolute Gasteiger partial charge is 0.410 e. The van der Waals surface area contributed by atoms with Crippen LogP contribution in [0.15, 0.2) is 213 Å². The number of anilines is 4. The second kappa shape index (κ2) is 36.9. The summed E-state index contributed by atoms with van der Waals surface area (Å²) in [7, 11) is 0. The number of thiazole rings is 4. The molecule has 0 saturated carbocycles. The molecular weight excluding hydrogens is 1780 g/mol. The summed E-state index contributed by atoms with van der Waals surface area (Å²) in [6.45, 7) is 23.3. The topological polar surface area (TPSA) is 331 Å². The molecule has 21 rings (SSSR count). The number of carbonyl (C=O) groups excluding carboxylic acids is 2. The Balaban J connectivity index is 0.000000116. The highest BCUT2D eigenvalue weighted by atomic mass is 35.5. The third-order valence-electron chi connectivity index (χ3n) is 21.8. The van der Waals surface area contributed by atoms with Crippen molar-refractivity contribution in [2.75, 3.05) is 124 Å². The summed E-state index contributed by atoms with van der Waals surface area (Å²) >= 11 is 24.4. The molecule has 4 aliphatic heterocycles. The highest BCUT2D eigenvalue weighted by molar-refractivity contribution is 7.23. The number of halogens is 3. The fraction of sp³-hybridized carbons (Fsp3) is 0.269. The van der Waals surface area contributed by atoms with Crippen molar-refractivity contribution in [1.82, 2.24) is 59.9 Å². The zero-order valence-electron chi connectivity index (χ0n) is 70.6. The highest BCUT2D eigenvalue weighted by Crippen LogP contribution is 2.39. The number of phenolic OH excluding ortho intramolecular Hbond substituents is 1. The van der Waals surface area contributed by atoms with Crippen molar-refractivity contribution in [2.45, 2.75) is 59.3 Å². The standard InChI is InChI=1S/C26H21ClN4O3S.C24H23ClN4O4S.C24H24N4O4S.C19H15ClN4O2S/c27-19-5-3-7-21-23(19)29-25(35-21)18-14-16-8-9-22(28-24(16)34-26(18)33)31-12-10-30(11-13-31)15-17-4-1-2-6-20(17)32;1-24(2,3)33-23(31)29-9-7-28(8-10-29)19-12-17-14(13-26-19)11-15(22(30)32-17)21-27-20-16(25)5-4-6-18(20)34-21;1-24(2,3)32-23(30)28-10-8-27(9-11-28)20-13-18-15(14-25-20)12-16(22(29)31-18)21-26-17-6-4-5-7-19(17)33-21;20-13-2-1-3-15-17(13)23-18(27-15)12-8-11-10-22-16(9-14(11)26-19(12)25)24-6-4-21-5-7-24/h1-9,14,32H,10-13,15H2;4-6,11-13H,7-10H2,1-3H3;4-7,12-14H,8-11H2,1-3H3;1-3,8-10,21H,4-7H2. The number of hydrogen-bond acceptors (Lipinski definition) is 31. The van der Waals surface area contributed by atoms with E-state index in [4.69, 9.17) is 61.9 Å². The summed E-state index contributed by atoms with van der Waals surface area (Å²) in [4.78, 5) is 126. The van der Waals surface area contributed by atoms with Crippen LogP contribution in [0, 0.1) is 0 Å². The number of ether oxygens (including phenoxy) is 2. The number of nitrogens with zero attached hydrogens (tertiary/aromatic N) is 15. The van der Waals surface area contributed by atoms with Gasteiger partial charge in [0, 0.05) is 175 Å². The first kappa shape index (κ1) is 87.1. The number of rotatable bonds is 10. The quantitative estimate of drug-likeness (QED) is 0.128. The Morgan fingerprint density at radius 1 is 0.403 bits per heavy atom. The first-order chi connectivity index (χ1) is 62.2. The zero-order valence-corrected chi connectivity index (χ0v) is 76.1. The molecule has 4 aliphatic rings. The van der Waals surface area contributed by atoms with Crippen molar-refractivity contribution in [3.8, 4) is 48.0 Å². The van der Waals surface area contributed by atoms with E-state index in [1.807, 2.05) is 139 Å². The SMILES string of the molecule is CC(C)(C)OC(=O)N1CCN(c2cc3oc(=O)c(-c4nc5c(Cl)cccc5s4)cc3cn2)CC1.CC(C)(C)OC(=O)N1CCN(c2cc3oc(=O)c(-c4nc5ccccc5s4)cc3cn2)CC1.O=c1oc2cc(N3CCNCC3)ncc2cc1-c1nc2c(Cl)cccc2s1.O=c1oc2nc(N3CCN(Cc4ccccc4O)CC3)ccc2cc1-c1nc2c(Cl)cccc2s1. The Bertz CT molecular complexity index is 7370. The van der Waals surface area contributed by atoms with E-state index in [2.05, 4.69) is 69.7 Å². The Kier molecular flexibility index (Phi) is 24.9. The highest BCUT2D eigenvalue weighted by Gasteiger charge is 2.31. The van der Waals surface area contributed by atoms with Gasteiger partial charge in [-0.2, -0.15) is 4.98 Å². The van der Waals surface area contributed by atoms with Crippen LogP contribution in [0.1, 0.15) is 47.1 Å². The predicted molar refractivity (Wildman–Crippen MR) is 511 cm³/mol. The summed E-state index contributed by atoms with van der Waals surface area (Å²) in [6.07, 6.45) is 4.54. The number of nitrogens with one attached hydrogen (secondary N) is 1. The van der Waals surface area contributed by atoms with Gasteiger partial charge >= 0.3 is 34.7 Å². The molecule has 16 heterocycles. The van der Waals surface area contributed by atoms with Crippen molar-refractivity contribution >= 4 is 200 Å². The van der Waals surface area contributed by atoms with E-state index in [9.17, 15) is 33.9 Å². The minimum atomic E-state index is -0.526. The zero-order chi connectivity index (χ0) is 89.5. The number of carbonyl (C=O) groups is 2. The van der Waals surface area contributed by atoms with E-state index in [0.29, 0.717) is 178 Å². The molecule has 0 aliphatic carbocycles. The third-order valence-corrected chi connectivity index (χ3v) is 26.9. The lowest BCUT2D eigenvalue weighted by molar-refractivity contribution is 0.0230. The van der Waals surface area contributed by atoms with Crippen LogP contribution >= 0.6 is 80.1 Å². The lowest BCUT2D eigenvalue weighted by Gasteiger charge is -2.36. The van der Waals surface area contributed by atoms with E-state index in [1.54, 1.807) is 89.1 Å². The number of pyridine rings is 4. The van der Waals surface area contributed by atoms with Crippen LogP contribution in [-0.2, 0) is 16.0 Å². The van der Waals surface area contributed by atoms with E-state index < -0.39 is 33.7 Å². The molecule has 17 aromatic rings. The summed E-state index contributed by atoms with van der Waals surface area (Å²) in [5.74, 6) is 3.34. The fourth-order valence-corrected chi connectivity index (χ4v) is 19.9. The van der Waals surface area contributed by atoms with Crippen molar-refractivity contribution in [2.24, 2.45) is 0 Å². The molecule has 0 atom stereocenters. The number of piperazine rings is 4. The molecule has 12 aromatic heterocycles. The lowest BCUT2D eigenvalue weighted by atomic mass is 10.1. The van der Waals surface area contributed by atoms with Crippen LogP contribution in [0.25, 0.3) is 127 Å². The number of hydrogen-bond donors (Lipinski definition) is 2. The number of benzene rings is 5. The van der Waals surface area contributed by atoms with E-state index >= 15 is 0 Å². The van der Waals surface area contributed by atoms with Gasteiger partial charge in [0.2, 0.25) is 5.71 Å². The van der Waals surface area contributed by atoms with Gasteiger partial charge in [-0.1, -0.05) is 83.3 Å². The van der Waals surface area contributed by atoms with Crippen molar-refractivity contribution < 1.29 is 41.8 Å². The number of para-hydroxylation sites is 5. The van der Waals surface area contributed by atoms with Gasteiger partial charge in [-0.15, -0.1) is 45.3 Å². The number of phenols is 1. The molecule has 0 spiro atoms. The number of amides is 2. The Hall–Kier alpha value is -12.6. The molecule has 36 heteroatoms. The molecule has 0 radical (unpaired) electrons. The van der Waals surface area contributed by atoms with Crippen molar-refractivity contribution in [1.29, 1.82) is 0 Å². The van der Waals surface area contributed by atoms with E-state index in [0.717, 1.165) is 110 Å². The van der Waals surface area contributed by atoms with E-state index in [1.165, 1.54) is 45.3 Å². The van der Waals surface area contributed by atoms with Gasteiger partial charge in [0.05, 0.1) is 61.6 Å². The molecule has 2 amide bonds. The summed E-state index contributed by atoms with van der Waals surface area (Å²) in [5, 5.41) is 20.4. The summed E-state index contributed by atoms with van der Waals surface area (Å²) in [6, 6.07) is 48.3. The van der Waals surface area contributed by atoms with Crippen LogP contribution in [0.2, 0.25) is 15.1 Å². The van der Waals surface area contributed by atoms with Crippen LogP contribution in [0.3, 0.4) is 0 Å². The summed E-state index contributed by atoms with van der Waals surface area (Å²) < 4.78 is 37.2. The number of fused-ring (bicyclic) bond motifs is 8. The molecule has 129 heavy (non-hydrogen) atoms. The largest absolute Gasteiger partial charge is 0.508 e. The normalized spacial score (nSPS) is 14.8. The minimum absolute atomic E-state index is 0.304. The second-order valence-corrected chi connectivity index (χ2v) is 38.3. The first-order valence-corrected chi connectivity index (χ1v) is 46.0. The number of aromatic nitrogens is 8. The van der Waals surface area contributed by atoms with Crippen molar-refractivity contribution in [3.05, 3.63) is 239 Å². The maximum atomic E-state index is 12.8. The Morgan fingerprint density at radius 3 is 1.20 bits per heavy atom.